The van der Waals surface area contributed by atoms with Crippen LogP contribution < -0.4 is 5.32 Å². The average Bonchev–Trinajstić information content (AvgIpc) is 2.37. The highest BCUT2D eigenvalue weighted by molar-refractivity contribution is 4.81. The first-order valence-electron chi connectivity index (χ1n) is 8.32. The first kappa shape index (κ1) is 17.0. The predicted molar refractivity (Wildman–Crippen MR) is 83.5 cm³/mol. The molecule has 0 bridgehead atoms. The van der Waals surface area contributed by atoms with Crippen molar-refractivity contribution >= 4 is 0 Å². The van der Waals surface area contributed by atoms with E-state index in [1.165, 1.54) is 32.2 Å². The zero-order valence-corrected chi connectivity index (χ0v) is 13.6. The van der Waals surface area contributed by atoms with E-state index in [-0.39, 0.29) is 0 Å². The van der Waals surface area contributed by atoms with Crippen molar-refractivity contribution in [3.05, 3.63) is 0 Å². The molecular weight excluding hydrogens is 234 g/mol. The van der Waals surface area contributed by atoms with Crippen molar-refractivity contribution in [1.29, 1.82) is 0 Å². The zero-order valence-electron chi connectivity index (χ0n) is 13.6. The Labute approximate surface area is 120 Å². The average molecular weight is 269 g/mol. The highest BCUT2D eigenvalue weighted by Crippen LogP contribution is 2.39. The van der Waals surface area contributed by atoms with Gasteiger partial charge in [0.15, 0.2) is 0 Å². The van der Waals surface area contributed by atoms with E-state index in [4.69, 9.17) is 4.74 Å². The SMILES string of the molecule is CCCOCCCNCC1CCC(C(C)(C)C)CC1. The van der Waals surface area contributed by atoms with Crippen LogP contribution in [0.15, 0.2) is 0 Å². The van der Waals surface area contributed by atoms with Gasteiger partial charge >= 0.3 is 0 Å². The van der Waals surface area contributed by atoms with Gasteiger partial charge in [0.05, 0.1) is 0 Å². The summed E-state index contributed by atoms with van der Waals surface area (Å²) in [6.45, 7) is 13.5. The van der Waals surface area contributed by atoms with Crippen LogP contribution in [-0.2, 0) is 4.74 Å². The Morgan fingerprint density at radius 2 is 1.74 bits per heavy atom. The van der Waals surface area contributed by atoms with Gasteiger partial charge in [-0.15, -0.1) is 0 Å². The van der Waals surface area contributed by atoms with E-state index in [2.05, 4.69) is 33.0 Å². The summed E-state index contributed by atoms with van der Waals surface area (Å²) in [6, 6.07) is 0. The van der Waals surface area contributed by atoms with Gasteiger partial charge in [-0.2, -0.15) is 0 Å². The summed E-state index contributed by atoms with van der Waals surface area (Å²) in [5, 5.41) is 3.61. The molecule has 1 fully saturated rings. The molecule has 0 atom stereocenters. The summed E-state index contributed by atoms with van der Waals surface area (Å²) >= 11 is 0. The summed E-state index contributed by atoms with van der Waals surface area (Å²) < 4.78 is 5.49. The zero-order chi connectivity index (χ0) is 14.1. The topological polar surface area (TPSA) is 21.3 Å². The molecule has 1 saturated carbocycles. The number of nitrogens with one attached hydrogen (secondary N) is 1. The lowest BCUT2D eigenvalue weighted by atomic mass is 9.70. The van der Waals surface area contributed by atoms with Crippen LogP contribution in [0, 0.1) is 17.3 Å². The molecule has 0 spiro atoms. The van der Waals surface area contributed by atoms with Crippen LogP contribution in [0.5, 0.6) is 0 Å². The van der Waals surface area contributed by atoms with Crippen LogP contribution in [0.25, 0.3) is 0 Å². The third kappa shape index (κ3) is 7.31. The fraction of sp³-hybridized carbons (Fsp3) is 1.00. The first-order valence-corrected chi connectivity index (χ1v) is 8.32. The van der Waals surface area contributed by atoms with Gasteiger partial charge in [0.2, 0.25) is 0 Å². The van der Waals surface area contributed by atoms with Gasteiger partial charge in [0.1, 0.15) is 0 Å². The van der Waals surface area contributed by atoms with E-state index in [0.717, 1.165) is 44.4 Å². The second-order valence-electron chi connectivity index (χ2n) is 7.25. The van der Waals surface area contributed by atoms with Crippen LogP contribution >= 0.6 is 0 Å². The van der Waals surface area contributed by atoms with E-state index < -0.39 is 0 Å². The molecule has 0 aromatic heterocycles. The van der Waals surface area contributed by atoms with Crippen molar-refractivity contribution in [2.24, 2.45) is 17.3 Å². The Bertz CT molecular complexity index is 214. The van der Waals surface area contributed by atoms with Crippen LogP contribution in [0.2, 0.25) is 0 Å². The maximum atomic E-state index is 5.49. The largest absolute Gasteiger partial charge is 0.381 e. The Morgan fingerprint density at radius 3 is 2.32 bits per heavy atom. The Hall–Kier alpha value is -0.0800. The Morgan fingerprint density at radius 1 is 1.05 bits per heavy atom. The van der Waals surface area contributed by atoms with Crippen LogP contribution in [-0.4, -0.2) is 26.3 Å². The molecule has 0 aromatic carbocycles. The fourth-order valence-electron chi connectivity index (χ4n) is 3.08. The number of hydrogen-bond donors (Lipinski definition) is 1. The molecule has 1 aliphatic rings. The van der Waals surface area contributed by atoms with Crippen LogP contribution in [0.3, 0.4) is 0 Å². The molecule has 0 unspecified atom stereocenters. The lowest BCUT2D eigenvalue weighted by molar-refractivity contribution is 0.130. The lowest BCUT2D eigenvalue weighted by Gasteiger charge is -2.37. The number of rotatable bonds is 8. The second-order valence-corrected chi connectivity index (χ2v) is 7.25. The minimum absolute atomic E-state index is 0.509. The third-order valence-corrected chi connectivity index (χ3v) is 4.50. The van der Waals surface area contributed by atoms with Crippen molar-refractivity contribution in [2.75, 3.05) is 26.3 Å². The van der Waals surface area contributed by atoms with Crippen molar-refractivity contribution in [2.45, 2.75) is 66.2 Å². The fourth-order valence-corrected chi connectivity index (χ4v) is 3.08. The molecule has 2 heteroatoms. The van der Waals surface area contributed by atoms with Gasteiger partial charge in [-0.05, 0) is 68.9 Å². The quantitative estimate of drug-likeness (QED) is 0.665. The number of ether oxygens (including phenoxy) is 1. The Kier molecular flexibility index (Phi) is 8.01. The molecule has 19 heavy (non-hydrogen) atoms. The minimum atomic E-state index is 0.509. The highest BCUT2D eigenvalue weighted by atomic mass is 16.5. The van der Waals surface area contributed by atoms with Gasteiger partial charge in [-0.1, -0.05) is 27.7 Å². The smallest absolute Gasteiger partial charge is 0.0478 e. The molecule has 0 saturated heterocycles. The van der Waals surface area contributed by atoms with Gasteiger partial charge in [-0.25, -0.2) is 0 Å². The summed E-state index contributed by atoms with van der Waals surface area (Å²) in [5.41, 5.74) is 0.509. The van der Waals surface area contributed by atoms with Crippen LogP contribution in [0.1, 0.15) is 66.2 Å². The van der Waals surface area contributed by atoms with Crippen molar-refractivity contribution in [1.82, 2.24) is 5.32 Å². The molecule has 1 N–H and O–H groups in total. The molecule has 1 rings (SSSR count). The van der Waals surface area contributed by atoms with Gasteiger partial charge in [-0.3, -0.25) is 0 Å². The van der Waals surface area contributed by atoms with Crippen LogP contribution in [0.4, 0.5) is 0 Å². The van der Waals surface area contributed by atoms with E-state index >= 15 is 0 Å². The van der Waals surface area contributed by atoms with Gasteiger partial charge in [0.25, 0.3) is 0 Å². The van der Waals surface area contributed by atoms with Crippen molar-refractivity contribution in [3.63, 3.8) is 0 Å². The normalized spacial score (nSPS) is 24.6. The molecule has 0 aliphatic heterocycles. The molecular formula is C17H35NO. The van der Waals surface area contributed by atoms with E-state index in [1.54, 1.807) is 0 Å². The molecule has 0 heterocycles. The van der Waals surface area contributed by atoms with Crippen molar-refractivity contribution in [3.8, 4) is 0 Å². The maximum absolute atomic E-state index is 5.49. The highest BCUT2D eigenvalue weighted by Gasteiger charge is 2.29. The molecule has 114 valence electrons. The standard InChI is InChI=1S/C17H35NO/c1-5-12-19-13-6-11-18-14-15-7-9-16(10-8-15)17(2,3)4/h15-16,18H,5-14H2,1-4H3. The monoisotopic (exact) mass is 269 g/mol. The summed E-state index contributed by atoms with van der Waals surface area (Å²) in [4.78, 5) is 0. The molecule has 2 nitrogen and oxygen atoms in total. The molecule has 0 aromatic rings. The van der Waals surface area contributed by atoms with E-state index in [1.807, 2.05) is 0 Å². The minimum Gasteiger partial charge on any atom is -0.381 e. The lowest BCUT2D eigenvalue weighted by Crippen LogP contribution is -2.31. The molecule has 0 amide bonds. The number of hydrogen-bond acceptors (Lipinski definition) is 2. The second kappa shape index (κ2) is 8.97. The molecule has 0 radical (unpaired) electrons. The van der Waals surface area contributed by atoms with E-state index in [0.29, 0.717) is 5.41 Å². The predicted octanol–water partition coefficient (Wildman–Crippen LogP) is 4.25. The molecule has 1 aliphatic carbocycles. The third-order valence-electron chi connectivity index (χ3n) is 4.50. The van der Waals surface area contributed by atoms with Crippen molar-refractivity contribution < 1.29 is 4.74 Å². The summed E-state index contributed by atoms with van der Waals surface area (Å²) in [5.74, 6) is 1.85. The van der Waals surface area contributed by atoms with Gasteiger partial charge < -0.3 is 10.1 Å². The summed E-state index contributed by atoms with van der Waals surface area (Å²) in [7, 11) is 0. The summed E-state index contributed by atoms with van der Waals surface area (Å²) in [6.07, 6.45) is 7.97. The van der Waals surface area contributed by atoms with E-state index in [9.17, 15) is 0 Å². The maximum Gasteiger partial charge on any atom is 0.0478 e. The van der Waals surface area contributed by atoms with Gasteiger partial charge in [0, 0.05) is 13.2 Å². The Balaban J connectivity index is 1.98. The first-order chi connectivity index (χ1) is 9.04.